The molecule has 0 spiro atoms. The first-order valence-corrected chi connectivity index (χ1v) is 13.8. The van der Waals surface area contributed by atoms with E-state index in [4.69, 9.17) is 14.6 Å². The minimum absolute atomic E-state index is 0.0966. The molecule has 2 aromatic rings. The zero-order valence-corrected chi connectivity index (χ0v) is 20.8. The first-order valence-electron chi connectivity index (χ1n) is 12.2. The van der Waals surface area contributed by atoms with Gasteiger partial charge >= 0.3 is 11.9 Å². The van der Waals surface area contributed by atoms with Crippen molar-refractivity contribution < 1.29 is 27.5 Å². The summed E-state index contributed by atoms with van der Waals surface area (Å²) in [5.41, 5.74) is 2.72. The minimum atomic E-state index is -3.90. The van der Waals surface area contributed by atoms with Gasteiger partial charge in [0.05, 0.1) is 10.5 Å². The van der Waals surface area contributed by atoms with Crippen LogP contribution in [0.4, 0.5) is 0 Å². The third kappa shape index (κ3) is 4.38. The molecule has 0 heterocycles. The van der Waals surface area contributed by atoms with Gasteiger partial charge in [-0.25, -0.2) is 18.4 Å². The predicted molar refractivity (Wildman–Crippen MR) is 129 cm³/mol. The van der Waals surface area contributed by atoms with E-state index in [0.29, 0.717) is 23.5 Å². The molecule has 186 valence electrons. The lowest BCUT2D eigenvalue weighted by Crippen LogP contribution is -2.45. The number of hydrogen-bond donors (Lipinski definition) is 1. The van der Waals surface area contributed by atoms with Gasteiger partial charge in [0.15, 0.2) is 0 Å². The zero-order valence-electron chi connectivity index (χ0n) is 20.0. The van der Waals surface area contributed by atoms with Gasteiger partial charge in [0.25, 0.3) is 0 Å². The Labute approximate surface area is 206 Å². The first-order chi connectivity index (χ1) is 16.6. The number of ether oxygens (including phenoxy) is 2. The number of carbonyl (C=O) groups excluding carboxylic acids is 2. The third-order valence-corrected chi connectivity index (χ3v) is 9.43. The average Bonchev–Trinajstić information content (AvgIpc) is 3.14. The Morgan fingerprint density at radius 2 is 1.86 bits per heavy atom. The molecule has 0 radical (unpaired) electrons. The summed E-state index contributed by atoms with van der Waals surface area (Å²) in [7, 11) is -3.90. The highest BCUT2D eigenvalue weighted by Crippen LogP contribution is 2.61. The predicted octanol–water partition coefficient (Wildman–Crippen LogP) is 4.34. The van der Waals surface area contributed by atoms with Gasteiger partial charge in [-0.05, 0) is 97.7 Å². The van der Waals surface area contributed by atoms with E-state index < -0.39 is 16.0 Å². The summed E-state index contributed by atoms with van der Waals surface area (Å²) in [6, 6.07) is 11.7. The number of primary sulfonamides is 1. The smallest absolute Gasteiger partial charge is 0.338 e. The lowest BCUT2D eigenvalue weighted by molar-refractivity contribution is -0.131. The summed E-state index contributed by atoms with van der Waals surface area (Å²) >= 11 is 0. The molecule has 0 unspecified atom stereocenters. The number of fused-ring (bicyclic) bond motifs is 5. The number of rotatable bonds is 4. The van der Waals surface area contributed by atoms with E-state index in [1.807, 2.05) is 12.1 Å². The SMILES string of the molecule is CC(=O)Oc1ccc2c(c1)CC[C@@H]1[C@@H]2CC[C@]2(C)[C@@H](OC(=O)c3cccc(S(N)(=O)=O)c3)CC[C@@H]12. The van der Waals surface area contributed by atoms with E-state index in [1.165, 1.54) is 36.2 Å². The molecule has 2 saturated carbocycles. The second-order valence-corrected chi connectivity index (χ2v) is 12.0. The fourth-order valence-corrected chi connectivity index (χ4v) is 7.49. The van der Waals surface area contributed by atoms with Gasteiger partial charge in [0, 0.05) is 12.3 Å². The molecule has 0 bridgehead atoms. The van der Waals surface area contributed by atoms with Crippen LogP contribution in [-0.4, -0.2) is 26.5 Å². The Bertz CT molecular complexity index is 1290. The summed E-state index contributed by atoms with van der Waals surface area (Å²) in [5, 5.41) is 5.22. The maximum Gasteiger partial charge on any atom is 0.338 e. The number of sulfonamides is 1. The molecule has 3 aliphatic carbocycles. The molecule has 0 aliphatic heterocycles. The van der Waals surface area contributed by atoms with E-state index >= 15 is 0 Å². The van der Waals surface area contributed by atoms with Crippen molar-refractivity contribution in [3.8, 4) is 5.75 Å². The lowest BCUT2D eigenvalue weighted by atomic mass is 9.55. The second kappa shape index (κ2) is 8.75. The molecule has 0 aromatic heterocycles. The fraction of sp³-hybridized carbons (Fsp3) is 0.481. The number of carbonyl (C=O) groups is 2. The molecule has 0 saturated heterocycles. The van der Waals surface area contributed by atoms with E-state index in [1.54, 1.807) is 6.07 Å². The van der Waals surface area contributed by atoms with Crippen LogP contribution >= 0.6 is 0 Å². The first kappa shape index (κ1) is 24.0. The van der Waals surface area contributed by atoms with Crippen LogP contribution in [0.15, 0.2) is 47.4 Å². The number of nitrogens with two attached hydrogens (primary N) is 1. The van der Waals surface area contributed by atoms with Crippen molar-refractivity contribution in [3.63, 3.8) is 0 Å². The normalized spacial score (nSPS) is 29.5. The molecule has 5 atom stereocenters. The molecule has 0 amide bonds. The van der Waals surface area contributed by atoms with E-state index in [0.717, 1.165) is 38.5 Å². The Balaban J connectivity index is 1.33. The highest BCUT2D eigenvalue weighted by molar-refractivity contribution is 7.89. The van der Waals surface area contributed by atoms with Crippen molar-refractivity contribution in [2.45, 2.75) is 69.3 Å². The van der Waals surface area contributed by atoms with Gasteiger partial charge in [-0.1, -0.05) is 19.1 Å². The number of aryl methyl sites for hydroxylation is 1. The Morgan fingerprint density at radius 1 is 1.06 bits per heavy atom. The van der Waals surface area contributed by atoms with Crippen LogP contribution in [-0.2, 0) is 26.0 Å². The van der Waals surface area contributed by atoms with Gasteiger partial charge in [0.2, 0.25) is 10.0 Å². The van der Waals surface area contributed by atoms with Gasteiger partial charge < -0.3 is 9.47 Å². The van der Waals surface area contributed by atoms with E-state index in [-0.39, 0.29) is 27.9 Å². The van der Waals surface area contributed by atoms with Crippen LogP contribution in [0.1, 0.15) is 73.4 Å². The molecule has 7 nitrogen and oxygen atoms in total. The monoisotopic (exact) mass is 497 g/mol. The van der Waals surface area contributed by atoms with E-state index in [9.17, 15) is 18.0 Å². The largest absolute Gasteiger partial charge is 0.458 e. The van der Waals surface area contributed by atoms with Crippen LogP contribution in [0.5, 0.6) is 5.75 Å². The summed E-state index contributed by atoms with van der Waals surface area (Å²) in [6.07, 6.45) is 5.61. The van der Waals surface area contributed by atoms with Crippen molar-refractivity contribution in [1.29, 1.82) is 0 Å². The van der Waals surface area contributed by atoms with Crippen LogP contribution in [0.25, 0.3) is 0 Å². The number of benzene rings is 2. The molecule has 2 aromatic carbocycles. The second-order valence-electron chi connectivity index (χ2n) is 10.5. The molecule has 2 fully saturated rings. The van der Waals surface area contributed by atoms with Gasteiger partial charge in [-0.3, -0.25) is 4.79 Å². The van der Waals surface area contributed by atoms with Crippen molar-refractivity contribution in [2.75, 3.05) is 0 Å². The van der Waals surface area contributed by atoms with Crippen molar-refractivity contribution in [3.05, 3.63) is 59.2 Å². The van der Waals surface area contributed by atoms with Crippen LogP contribution in [0.2, 0.25) is 0 Å². The van der Waals surface area contributed by atoms with Crippen LogP contribution < -0.4 is 9.88 Å². The molecular weight excluding hydrogens is 466 g/mol. The molecule has 2 N–H and O–H groups in total. The Morgan fingerprint density at radius 3 is 2.60 bits per heavy atom. The van der Waals surface area contributed by atoms with Crippen molar-refractivity contribution in [1.82, 2.24) is 0 Å². The Kier molecular flexibility index (Phi) is 6.00. The summed E-state index contributed by atoms with van der Waals surface area (Å²) in [6.45, 7) is 3.66. The van der Waals surface area contributed by atoms with Gasteiger partial charge in [-0.2, -0.15) is 0 Å². The van der Waals surface area contributed by atoms with Gasteiger partial charge in [0.1, 0.15) is 11.9 Å². The number of esters is 2. The number of hydrogen-bond acceptors (Lipinski definition) is 6. The molecule has 5 rings (SSSR count). The average molecular weight is 498 g/mol. The van der Waals surface area contributed by atoms with E-state index in [2.05, 4.69) is 13.0 Å². The minimum Gasteiger partial charge on any atom is -0.458 e. The molecule has 3 aliphatic rings. The quantitative estimate of drug-likeness (QED) is 0.497. The van der Waals surface area contributed by atoms with Crippen molar-refractivity contribution >= 4 is 22.0 Å². The highest BCUT2D eigenvalue weighted by atomic mass is 32.2. The summed E-state index contributed by atoms with van der Waals surface area (Å²) < 4.78 is 34.7. The summed E-state index contributed by atoms with van der Waals surface area (Å²) in [4.78, 5) is 24.2. The van der Waals surface area contributed by atoms with Crippen LogP contribution in [0.3, 0.4) is 0 Å². The molecule has 8 heteroatoms. The standard InChI is InChI=1S/C27H31NO6S/c1-16(29)33-19-7-9-21-17(14-19)6-8-23-22(21)12-13-27(2)24(23)10-11-25(27)34-26(30)18-4-3-5-20(15-18)35(28,31)32/h3-5,7,9,14-15,22-25H,6,8,10-13H2,1-2H3,(H2,28,31,32)/t22-,23-,24+,25+,27+/m1/s1. The highest BCUT2D eigenvalue weighted by Gasteiger charge is 2.56. The molecule has 35 heavy (non-hydrogen) atoms. The third-order valence-electron chi connectivity index (χ3n) is 8.52. The van der Waals surface area contributed by atoms with Crippen LogP contribution in [0, 0.1) is 17.3 Å². The van der Waals surface area contributed by atoms with Crippen molar-refractivity contribution in [2.24, 2.45) is 22.4 Å². The lowest BCUT2D eigenvalue weighted by Gasteiger charge is -2.50. The summed E-state index contributed by atoms with van der Waals surface area (Å²) in [5.74, 6) is 1.23. The Hall–Kier alpha value is -2.71. The maximum atomic E-state index is 13.0. The fourth-order valence-electron chi connectivity index (χ4n) is 6.93. The van der Waals surface area contributed by atoms with Gasteiger partial charge in [-0.15, -0.1) is 0 Å². The molecular formula is C27H31NO6S. The zero-order chi connectivity index (χ0) is 25.0. The topological polar surface area (TPSA) is 113 Å². The maximum absolute atomic E-state index is 13.0.